The van der Waals surface area contributed by atoms with E-state index < -0.39 is 24.3 Å². The third kappa shape index (κ3) is 6.18. The van der Waals surface area contributed by atoms with Crippen LogP contribution < -0.4 is 5.32 Å². The highest BCUT2D eigenvalue weighted by atomic mass is 35.5. The minimum Gasteiger partial charge on any atom is -0.456 e. The monoisotopic (exact) mass is 391 g/mol. The topological polar surface area (TPSA) is 72.5 Å². The van der Waals surface area contributed by atoms with Gasteiger partial charge < -0.3 is 10.1 Å². The number of anilines is 1. The van der Waals surface area contributed by atoms with Crippen LogP contribution in [0.1, 0.15) is 34.3 Å². The Labute approximate surface area is 161 Å². The standard InChI is InChI=1S/C20H19ClFNO4/c1-12-3-4-13(2)15(9-12)18(24)7-8-20(26)27-11-19(25)23-17-6-5-14(21)10-16(17)22/h3-6,9-10H,7-8,11H2,1-2H3,(H,23,25). The Kier molecular flexibility index (Phi) is 7.07. The molecule has 0 radical (unpaired) electrons. The van der Waals surface area contributed by atoms with Crippen LogP contribution in [0.15, 0.2) is 36.4 Å². The van der Waals surface area contributed by atoms with E-state index >= 15 is 0 Å². The maximum Gasteiger partial charge on any atom is 0.306 e. The molecule has 0 unspecified atom stereocenters. The number of hydrogen-bond acceptors (Lipinski definition) is 4. The highest BCUT2D eigenvalue weighted by molar-refractivity contribution is 6.30. The van der Waals surface area contributed by atoms with Gasteiger partial charge in [-0.25, -0.2) is 4.39 Å². The van der Waals surface area contributed by atoms with Crippen molar-refractivity contribution in [3.8, 4) is 0 Å². The molecule has 2 aromatic rings. The molecule has 1 N–H and O–H groups in total. The predicted octanol–water partition coefficient (Wildman–Crippen LogP) is 4.24. The Morgan fingerprint density at radius 1 is 1.07 bits per heavy atom. The fraction of sp³-hybridized carbons (Fsp3) is 0.250. The van der Waals surface area contributed by atoms with Gasteiger partial charge in [0.15, 0.2) is 12.4 Å². The summed E-state index contributed by atoms with van der Waals surface area (Å²) in [4.78, 5) is 35.7. The van der Waals surface area contributed by atoms with Crippen LogP contribution in [-0.4, -0.2) is 24.3 Å². The zero-order valence-electron chi connectivity index (χ0n) is 15.0. The quantitative estimate of drug-likeness (QED) is 0.566. The van der Waals surface area contributed by atoms with Crippen LogP contribution in [-0.2, 0) is 14.3 Å². The molecule has 27 heavy (non-hydrogen) atoms. The summed E-state index contributed by atoms with van der Waals surface area (Å²) in [7, 11) is 0. The Balaban J connectivity index is 1.79. The number of hydrogen-bond donors (Lipinski definition) is 1. The number of halogens is 2. The van der Waals surface area contributed by atoms with Crippen molar-refractivity contribution in [2.24, 2.45) is 0 Å². The van der Waals surface area contributed by atoms with E-state index in [1.54, 1.807) is 6.07 Å². The number of nitrogens with one attached hydrogen (secondary N) is 1. The van der Waals surface area contributed by atoms with Crippen LogP contribution in [0.25, 0.3) is 0 Å². The SMILES string of the molecule is Cc1ccc(C)c(C(=O)CCC(=O)OCC(=O)Nc2ccc(Cl)cc2F)c1. The molecule has 0 aliphatic rings. The van der Waals surface area contributed by atoms with E-state index in [9.17, 15) is 18.8 Å². The van der Waals surface area contributed by atoms with Crippen molar-refractivity contribution in [1.29, 1.82) is 0 Å². The molecule has 0 aromatic heterocycles. The Morgan fingerprint density at radius 2 is 1.81 bits per heavy atom. The number of carbonyl (C=O) groups is 3. The molecule has 0 aliphatic heterocycles. The van der Waals surface area contributed by atoms with Gasteiger partial charge in [0.1, 0.15) is 5.82 Å². The highest BCUT2D eigenvalue weighted by Gasteiger charge is 2.14. The minimum atomic E-state index is -0.693. The third-order valence-corrected chi connectivity index (χ3v) is 4.05. The largest absolute Gasteiger partial charge is 0.456 e. The van der Waals surface area contributed by atoms with Crippen molar-refractivity contribution in [1.82, 2.24) is 0 Å². The first-order valence-electron chi connectivity index (χ1n) is 8.27. The number of Topliss-reactive ketones (excluding diaryl/α,β-unsaturated/α-hetero) is 1. The average Bonchev–Trinajstić information content (AvgIpc) is 2.62. The number of esters is 1. The molecular weight excluding hydrogens is 373 g/mol. The number of rotatable bonds is 7. The lowest BCUT2D eigenvalue weighted by atomic mass is 9.99. The molecule has 0 fully saturated rings. The van der Waals surface area contributed by atoms with Gasteiger partial charge in [-0.3, -0.25) is 14.4 Å². The number of ketones is 1. The summed E-state index contributed by atoms with van der Waals surface area (Å²) in [6, 6.07) is 9.31. The van der Waals surface area contributed by atoms with Crippen LogP contribution in [0.4, 0.5) is 10.1 Å². The lowest BCUT2D eigenvalue weighted by Gasteiger charge is -2.08. The summed E-state index contributed by atoms with van der Waals surface area (Å²) in [6.07, 6.45) is -0.161. The lowest BCUT2D eigenvalue weighted by molar-refractivity contribution is -0.147. The van der Waals surface area contributed by atoms with Crippen molar-refractivity contribution in [2.45, 2.75) is 26.7 Å². The molecule has 0 saturated carbocycles. The number of benzene rings is 2. The van der Waals surface area contributed by atoms with E-state index in [0.29, 0.717) is 5.56 Å². The molecule has 7 heteroatoms. The lowest BCUT2D eigenvalue weighted by Crippen LogP contribution is -2.21. The van der Waals surface area contributed by atoms with E-state index in [0.717, 1.165) is 17.2 Å². The van der Waals surface area contributed by atoms with Gasteiger partial charge in [-0.05, 0) is 43.7 Å². The van der Waals surface area contributed by atoms with E-state index in [-0.39, 0.29) is 29.3 Å². The summed E-state index contributed by atoms with van der Waals surface area (Å²) in [5, 5.41) is 2.48. The first kappa shape index (κ1) is 20.6. The number of ether oxygens (including phenoxy) is 1. The summed E-state index contributed by atoms with van der Waals surface area (Å²) in [5.41, 5.74) is 2.30. The Morgan fingerprint density at radius 3 is 2.52 bits per heavy atom. The number of aryl methyl sites for hydroxylation is 2. The third-order valence-electron chi connectivity index (χ3n) is 3.82. The normalized spacial score (nSPS) is 10.4. The van der Waals surface area contributed by atoms with E-state index in [2.05, 4.69) is 5.32 Å². The predicted molar refractivity (Wildman–Crippen MR) is 100 cm³/mol. The molecule has 1 amide bonds. The fourth-order valence-electron chi connectivity index (χ4n) is 2.38. The summed E-state index contributed by atoms with van der Waals surface area (Å²) in [5.74, 6) is -2.23. The second kappa shape index (κ2) is 9.28. The number of carbonyl (C=O) groups excluding carboxylic acids is 3. The molecule has 2 rings (SSSR count). The first-order valence-corrected chi connectivity index (χ1v) is 8.65. The van der Waals surface area contributed by atoms with Gasteiger partial charge in [-0.15, -0.1) is 0 Å². The maximum absolute atomic E-state index is 13.6. The first-order chi connectivity index (χ1) is 12.8. The van der Waals surface area contributed by atoms with Gasteiger partial charge in [-0.1, -0.05) is 29.3 Å². The second-order valence-corrected chi connectivity index (χ2v) is 6.51. The van der Waals surface area contributed by atoms with Crippen molar-refractivity contribution in [3.05, 3.63) is 63.9 Å². The van der Waals surface area contributed by atoms with Gasteiger partial charge in [0.25, 0.3) is 5.91 Å². The maximum atomic E-state index is 13.6. The van der Waals surface area contributed by atoms with E-state index in [1.165, 1.54) is 12.1 Å². The summed E-state index contributed by atoms with van der Waals surface area (Å²) in [6.45, 7) is 3.14. The molecule has 0 atom stereocenters. The van der Waals surface area contributed by atoms with Crippen molar-refractivity contribution < 1.29 is 23.5 Å². The van der Waals surface area contributed by atoms with Crippen molar-refractivity contribution in [2.75, 3.05) is 11.9 Å². The molecule has 0 saturated heterocycles. The molecule has 5 nitrogen and oxygen atoms in total. The molecule has 0 aliphatic carbocycles. The van der Waals surface area contributed by atoms with Crippen LogP contribution in [0.5, 0.6) is 0 Å². The van der Waals surface area contributed by atoms with Gasteiger partial charge >= 0.3 is 5.97 Å². The van der Waals surface area contributed by atoms with Gasteiger partial charge in [0.05, 0.1) is 12.1 Å². The zero-order chi connectivity index (χ0) is 20.0. The highest BCUT2D eigenvalue weighted by Crippen LogP contribution is 2.19. The van der Waals surface area contributed by atoms with Crippen LogP contribution in [0.2, 0.25) is 5.02 Å². The smallest absolute Gasteiger partial charge is 0.306 e. The van der Waals surface area contributed by atoms with Crippen LogP contribution >= 0.6 is 11.6 Å². The fourth-order valence-corrected chi connectivity index (χ4v) is 2.54. The van der Waals surface area contributed by atoms with Crippen LogP contribution in [0, 0.1) is 19.7 Å². The van der Waals surface area contributed by atoms with E-state index in [1.807, 2.05) is 26.0 Å². The summed E-state index contributed by atoms with van der Waals surface area (Å²) >= 11 is 5.63. The van der Waals surface area contributed by atoms with Crippen molar-refractivity contribution >= 4 is 34.9 Å². The zero-order valence-corrected chi connectivity index (χ0v) is 15.7. The van der Waals surface area contributed by atoms with Gasteiger partial charge in [0, 0.05) is 17.0 Å². The molecule has 142 valence electrons. The van der Waals surface area contributed by atoms with Gasteiger partial charge in [-0.2, -0.15) is 0 Å². The van der Waals surface area contributed by atoms with Gasteiger partial charge in [0.2, 0.25) is 0 Å². The number of amides is 1. The van der Waals surface area contributed by atoms with Crippen molar-refractivity contribution in [3.63, 3.8) is 0 Å². The summed E-state index contributed by atoms with van der Waals surface area (Å²) < 4.78 is 18.4. The van der Waals surface area contributed by atoms with E-state index in [4.69, 9.17) is 16.3 Å². The molecule has 0 spiro atoms. The molecule has 0 heterocycles. The molecular formula is C20H19ClFNO4. The van der Waals surface area contributed by atoms with Crippen LogP contribution in [0.3, 0.4) is 0 Å². The average molecular weight is 392 g/mol. The minimum absolute atomic E-state index is 0.0173. The Hall–Kier alpha value is -2.73. The second-order valence-electron chi connectivity index (χ2n) is 6.07. The molecule has 2 aromatic carbocycles. The molecule has 0 bridgehead atoms. The Bertz CT molecular complexity index is 882.